The molecule has 0 spiro atoms. The molecule has 0 radical (unpaired) electrons. The predicted octanol–water partition coefficient (Wildman–Crippen LogP) is 1.36. The van der Waals surface area contributed by atoms with E-state index in [2.05, 4.69) is 0 Å². The van der Waals surface area contributed by atoms with Crippen LogP contribution in [0, 0.1) is 5.92 Å². The average Bonchev–Trinajstić information content (AvgIpc) is 3.08. The van der Waals surface area contributed by atoms with Crippen LogP contribution < -0.4 is 0 Å². The first-order valence-corrected chi connectivity index (χ1v) is 7.22. The van der Waals surface area contributed by atoms with Gasteiger partial charge in [0.2, 0.25) is 0 Å². The Morgan fingerprint density at radius 3 is 2.63 bits per heavy atom. The minimum Gasteiger partial charge on any atom is -0.466 e. The van der Waals surface area contributed by atoms with Crippen LogP contribution in [0.3, 0.4) is 0 Å². The molecule has 0 N–H and O–H groups in total. The van der Waals surface area contributed by atoms with Gasteiger partial charge in [-0.15, -0.1) is 0 Å². The molecule has 108 valence electrons. The minimum absolute atomic E-state index is 0.0520. The van der Waals surface area contributed by atoms with Gasteiger partial charge in [-0.3, -0.25) is 9.59 Å². The van der Waals surface area contributed by atoms with Crippen molar-refractivity contribution in [2.75, 3.05) is 19.8 Å². The number of carbonyl (C=O) groups excluding carboxylic acids is 2. The van der Waals surface area contributed by atoms with E-state index in [1.165, 1.54) is 0 Å². The van der Waals surface area contributed by atoms with E-state index in [1.807, 2.05) is 11.8 Å². The predicted molar refractivity (Wildman–Crippen MR) is 69.5 cm³/mol. The average molecular weight is 269 g/mol. The van der Waals surface area contributed by atoms with Gasteiger partial charge >= 0.3 is 5.97 Å². The topological polar surface area (TPSA) is 55.8 Å². The van der Waals surface area contributed by atoms with Crippen LogP contribution in [0.15, 0.2) is 0 Å². The summed E-state index contributed by atoms with van der Waals surface area (Å²) in [5, 5.41) is 0. The first-order valence-electron chi connectivity index (χ1n) is 7.22. The molecule has 19 heavy (non-hydrogen) atoms. The molecule has 2 atom stereocenters. The number of hydrogen-bond acceptors (Lipinski definition) is 4. The quantitative estimate of drug-likeness (QED) is 0.683. The standard InChI is InChI=1S/C14H23NO4/c1-3-18-14(17)10(2)9-15(11-6-7-11)13(16)12-5-4-8-19-12/h10-12H,3-9H2,1-2H3. The van der Waals surface area contributed by atoms with Crippen LogP contribution in [0.5, 0.6) is 0 Å². The van der Waals surface area contributed by atoms with Crippen molar-refractivity contribution in [1.82, 2.24) is 4.90 Å². The fourth-order valence-corrected chi connectivity index (χ4v) is 2.42. The van der Waals surface area contributed by atoms with Crippen molar-refractivity contribution in [3.05, 3.63) is 0 Å². The SMILES string of the molecule is CCOC(=O)C(C)CN(C(=O)C1CCCO1)C1CC1. The summed E-state index contributed by atoms with van der Waals surface area (Å²) in [7, 11) is 0. The van der Waals surface area contributed by atoms with Crippen molar-refractivity contribution < 1.29 is 19.1 Å². The number of hydrogen-bond donors (Lipinski definition) is 0. The van der Waals surface area contributed by atoms with Gasteiger partial charge in [-0.1, -0.05) is 6.92 Å². The summed E-state index contributed by atoms with van der Waals surface area (Å²) in [6.07, 6.45) is 3.52. The number of rotatable bonds is 6. The summed E-state index contributed by atoms with van der Waals surface area (Å²) < 4.78 is 10.5. The highest BCUT2D eigenvalue weighted by atomic mass is 16.5. The van der Waals surface area contributed by atoms with E-state index in [-0.39, 0.29) is 23.9 Å². The molecule has 5 heteroatoms. The lowest BCUT2D eigenvalue weighted by molar-refractivity contribution is -0.150. The summed E-state index contributed by atoms with van der Waals surface area (Å²) in [6.45, 7) is 5.10. The van der Waals surface area contributed by atoms with E-state index in [0.29, 0.717) is 25.8 Å². The number of ether oxygens (including phenoxy) is 2. The van der Waals surface area contributed by atoms with Crippen LogP contribution in [0.4, 0.5) is 0 Å². The molecule has 2 fully saturated rings. The lowest BCUT2D eigenvalue weighted by atomic mass is 10.1. The molecule has 1 amide bonds. The molecular weight excluding hydrogens is 246 g/mol. The number of amides is 1. The lowest BCUT2D eigenvalue weighted by Crippen LogP contribution is -2.44. The van der Waals surface area contributed by atoms with Crippen molar-refractivity contribution in [2.45, 2.75) is 51.7 Å². The highest BCUT2D eigenvalue weighted by Gasteiger charge is 2.38. The Kier molecular flexibility index (Phi) is 4.80. The van der Waals surface area contributed by atoms with Gasteiger partial charge in [0.25, 0.3) is 5.91 Å². The maximum atomic E-state index is 12.4. The second kappa shape index (κ2) is 6.37. The molecule has 2 aliphatic rings. The second-order valence-electron chi connectivity index (χ2n) is 5.38. The summed E-state index contributed by atoms with van der Waals surface area (Å²) in [5.41, 5.74) is 0. The van der Waals surface area contributed by atoms with Gasteiger partial charge in [0.1, 0.15) is 6.10 Å². The Morgan fingerprint density at radius 2 is 2.11 bits per heavy atom. The molecule has 0 aromatic carbocycles. The van der Waals surface area contributed by atoms with Crippen molar-refractivity contribution in [2.24, 2.45) is 5.92 Å². The molecule has 1 saturated heterocycles. The number of esters is 1. The smallest absolute Gasteiger partial charge is 0.310 e. The van der Waals surface area contributed by atoms with Gasteiger partial charge in [-0.05, 0) is 32.6 Å². The van der Waals surface area contributed by atoms with Crippen molar-refractivity contribution >= 4 is 11.9 Å². The van der Waals surface area contributed by atoms with Gasteiger partial charge in [-0.25, -0.2) is 0 Å². The van der Waals surface area contributed by atoms with Crippen LogP contribution in [-0.2, 0) is 19.1 Å². The zero-order valence-corrected chi connectivity index (χ0v) is 11.8. The van der Waals surface area contributed by atoms with Crippen LogP contribution >= 0.6 is 0 Å². The monoisotopic (exact) mass is 269 g/mol. The number of nitrogens with zero attached hydrogens (tertiary/aromatic N) is 1. The maximum absolute atomic E-state index is 12.4. The second-order valence-corrected chi connectivity index (χ2v) is 5.38. The van der Waals surface area contributed by atoms with E-state index < -0.39 is 0 Å². The van der Waals surface area contributed by atoms with E-state index in [0.717, 1.165) is 25.7 Å². The molecule has 1 aliphatic heterocycles. The van der Waals surface area contributed by atoms with Gasteiger partial charge in [0.15, 0.2) is 0 Å². The highest BCUT2D eigenvalue weighted by Crippen LogP contribution is 2.30. The zero-order valence-electron chi connectivity index (χ0n) is 11.8. The molecule has 2 rings (SSSR count). The normalized spacial score (nSPS) is 24.0. The Hall–Kier alpha value is -1.10. The van der Waals surface area contributed by atoms with E-state index in [9.17, 15) is 9.59 Å². The van der Waals surface area contributed by atoms with Crippen LogP contribution in [0.1, 0.15) is 39.5 Å². The molecule has 1 aliphatic carbocycles. The number of carbonyl (C=O) groups is 2. The van der Waals surface area contributed by atoms with Gasteiger partial charge in [-0.2, -0.15) is 0 Å². The first-order chi connectivity index (χ1) is 9.13. The Bertz CT molecular complexity index is 334. The van der Waals surface area contributed by atoms with E-state index in [4.69, 9.17) is 9.47 Å². The van der Waals surface area contributed by atoms with Gasteiger partial charge in [0.05, 0.1) is 12.5 Å². The van der Waals surface area contributed by atoms with Crippen LogP contribution in [0.25, 0.3) is 0 Å². The van der Waals surface area contributed by atoms with Crippen LogP contribution in [-0.4, -0.2) is 48.7 Å². The maximum Gasteiger partial charge on any atom is 0.310 e. The third-order valence-corrected chi connectivity index (χ3v) is 3.64. The molecule has 1 saturated carbocycles. The summed E-state index contributed by atoms with van der Waals surface area (Å²) in [6, 6.07) is 0.300. The summed E-state index contributed by atoms with van der Waals surface area (Å²) >= 11 is 0. The summed E-state index contributed by atoms with van der Waals surface area (Å²) in [4.78, 5) is 25.9. The van der Waals surface area contributed by atoms with Crippen LogP contribution in [0.2, 0.25) is 0 Å². The Morgan fingerprint density at radius 1 is 1.37 bits per heavy atom. The molecular formula is C14H23NO4. The molecule has 0 aromatic rings. The third-order valence-electron chi connectivity index (χ3n) is 3.64. The Labute approximate surface area is 114 Å². The van der Waals surface area contributed by atoms with E-state index in [1.54, 1.807) is 6.92 Å². The highest BCUT2D eigenvalue weighted by molar-refractivity contribution is 5.82. The van der Waals surface area contributed by atoms with Crippen molar-refractivity contribution in [1.29, 1.82) is 0 Å². The van der Waals surface area contributed by atoms with Crippen molar-refractivity contribution in [3.8, 4) is 0 Å². The molecule has 5 nitrogen and oxygen atoms in total. The fourth-order valence-electron chi connectivity index (χ4n) is 2.42. The minimum atomic E-state index is -0.296. The molecule has 0 aromatic heterocycles. The third kappa shape index (κ3) is 3.69. The molecule has 0 bridgehead atoms. The first kappa shape index (κ1) is 14.3. The fraction of sp³-hybridized carbons (Fsp3) is 0.857. The molecule has 1 heterocycles. The Balaban J connectivity index is 1.92. The zero-order chi connectivity index (χ0) is 13.8. The van der Waals surface area contributed by atoms with Gasteiger partial charge in [0, 0.05) is 19.2 Å². The van der Waals surface area contributed by atoms with Crippen molar-refractivity contribution in [3.63, 3.8) is 0 Å². The van der Waals surface area contributed by atoms with E-state index >= 15 is 0 Å². The largest absolute Gasteiger partial charge is 0.466 e. The molecule has 2 unspecified atom stereocenters. The lowest BCUT2D eigenvalue weighted by Gasteiger charge is -2.27. The summed E-state index contributed by atoms with van der Waals surface area (Å²) in [5.74, 6) is -0.449. The van der Waals surface area contributed by atoms with Gasteiger partial charge < -0.3 is 14.4 Å².